The molecular formula is C6H17NSi. The van der Waals surface area contributed by atoms with E-state index in [2.05, 4.69) is 32.1 Å². The molecular weight excluding hydrogens is 114 g/mol. The van der Waals surface area contributed by atoms with E-state index in [9.17, 15) is 0 Å². The lowest BCUT2D eigenvalue weighted by Crippen LogP contribution is -2.17. The fourth-order valence-electron chi connectivity index (χ4n) is 0.516. The lowest BCUT2D eigenvalue weighted by Gasteiger charge is -2.09. The van der Waals surface area contributed by atoms with Gasteiger partial charge in [-0.3, -0.25) is 0 Å². The highest BCUT2D eigenvalue weighted by molar-refractivity contribution is 6.55. The van der Waals surface area contributed by atoms with Gasteiger partial charge in [-0.15, -0.1) is 0 Å². The molecule has 0 saturated heterocycles. The fraction of sp³-hybridized carbons (Fsp3) is 1.00. The van der Waals surface area contributed by atoms with Gasteiger partial charge in [0.05, 0.1) is 0 Å². The molecule has 0 fully saturated rings. The second kappa shape index (κ2) is 4.10. The van der Waals surface area contributed by atoms with Crippen molar-refractivity contribution >= 4 is 8.80 Å². The Labute approximate surface area is 54.3 Å². The molecule has 0 aliphatic carbocycles. The summed E-state index contributed by atoms with van der Waals surface area (Å²) < 4.78 is 0. The van der Waals surface area contributed by atoms with E-state index in [1.54, 1.807) is 0 Å². The van der Waals surface area contributed by atoms with Crippen molar-refractivity contribution in [1.82, 2.24) is 4.90 Å². The molecule has 0 saturated carbocycles. The summed E-state index contributed by atoms with van der Waals surface area (Å²) in [6.07, 6.45) is 0. The topological polar surface area (TPSA) is 3.24 Å². The van der Waals surface area contributed by atoms with E-state index < -0.39 is 0 Å². The van der Waals surface area contributed by atoms with E-state index in [1.165, 1.54) is 12.6 Å². The lowest BCUT2D eigenvalue weighted by molar-refractivity contribution is 0.432. The van der Waals surface area contributed by atoms with Crippen molar-refractivity contribution in [2.45, 2.75) is 19.1 Å². The van der Waals surface area contributed by atoms with Crippen LogP contribution in [0.4, 0.5) is 0 Å². The third-order valence-electron chi connectivity index (χ3n) is 1.15. The first-order valence-corrected chi connectivity index (χ1v) is 6.40. The van der Waals surface area contributed by atoms with Crippen molar-refractivity contribution in [3.05, 3.63) is 0 Å². The van der Waals surface area contributed by atoms with E-state index in [0.29, 0.717) is 0 Å². The van der Waals surface area contributed by atoms with Crippen LogP contribution in [0.15, 0.2) is 0 Å². The molecule has 0 N–H and O–H groups in total. The Morgan fingerprint density at radius 2 is 1.75 bits per heavy atom. The van der Waals surface area contributed by atoms with Crippen molar-refractivity contribution < 1.29 is 0 Å². The van der Waals surface area contributed by atoms with E-state index in [1.807, 2.05) is 0 Å². The molecule has 0 aliphatic rings. The molecule has 0 bridgehead atoms. The maximum atomic E-state index is 2.39. The van der Waals surface area contributed by atoms with Gasteiger partial charge in [0.15, 0.2) is 0 Å². The minimum atomic E-state index is -0.268. The first-order valence-electron chi connectivity index (χ1n) is 3.27. The molecule has 50 valence electrons. The van der Waals surface area contributed by atoms with Crippen LogP contribution in [0.25, 0.3) is 0 Å². The van der Waals surface area contributed by atoms with Crippen LogP contribution in [0.3, 0.4) is 0 Å². The second-order valence-corrected chi connectivity index (χ2v) is 6.35. The van der Waals surface area contributed by atoms with Crippen LogP contribution < -0.4 is 0 Å². The Morgan fingerprint density at radius 1 is 1.25 bits per heavy atom. The molecule has 0 aromatic heterocycles. The number of rotatable bonds is 3. The highest BCUT2D eigenvalue weighted by atomic mass is 28.3. The fourth-order valence-corrected chi connectivity index (χ4v) is 1.55. The molecule has 0 aliphatic heterocycles. The summed E-state index contributed by atoms with van der Waals surface area (Å²) in [5.41, 5.74) is 0. The van der Waals surface area contributed by atoms with Gasteiger partial charge >= 0.3 is 0 Å². The lowest BCUT2D eigenvalue weighted by atomic mass is 10.7. The largest absolute Gasteiger partial charge is 0.310 e. The summed E-state index contributed by atoms with van der Waals surface area (Å²) in [5, 5.41) is 0. The third-order valence-corrected chi connectivity index (χ3v) is 2.57. The van der Waals surface area contributed by atoms with Crippen LogP contribution in [0.1, 0.15) is 0 Å². The monoisotopic (exact) mass is 131 g/mol. The number of hydrogen-bond acceptors (Lipinski definition) is 1. The Bertz CT molecular complexity index is 44.5. The standard InChI is InChI=1S/C6H17NSi/c1-7(2)5-6-8(3)4/h8H,5-6H2,1-4H3. The average Bonchev–Trinajstić information content (AvgIpc) is 1.61. The predicted molar refractivity (Wildman–Crippen MR) is 42.2 cm³/mol. The smallest absolute Gasteiger partial charge is 0.0318 e. The first kappa shape index (κ1) is 8.18. The zero-order valence-electron chi connectivity index (χ0n) is 6.44. The number of nitrogens with zero attached hydrogens (tertiary/aromatic N) is 1. The Balaban J connectivity index is 2.93. The Kier molecular flexibility index (Phi) is 4.19. The molecule has 0 heterocycles. The van der Waals surface area contributed by atoms with Crippen molar-refractivity contribution in [3.63, 3.8) is 0 Å². The summed E-state index contributed by atoms with van der Waals surface area (Å²) >= 11 is 0. The molecule has 0 spiro atoms. The molecule has 0 rings (SSSR count). The normalized spacial score (nSPS) is 11.2. The van der Waals surface area contributed by atoms with Crippen LogP contribution in [-0.4, -0.2) is 34.3 Å². The molecule has 0 aromatic rings. The maximum Gasteiger partial charge on any atom is 0.0318 e. The first-order chi connectivity index (χ1) is 3.63. The van der Waals surface area contributed by atoms with Crippen LogP contribution in [0, 0.1) is 0 Å². The minimum absolute atomic E-state index is 0.268. The van der Waals surface area contributed by atoms with Gasteiger partial charge in [0, 0.05) is 8.80 Å². The van der Waals surface area contributed by atoms with Gasteiger partial charge in [0.1, 0.15) is 0 Å². The average molecular weight is 131 g/mol. The highest BCUT2D eigenvalue weighted by Crippen LogP contribution is 1.90. The van der Waals surface area contributed by atoms with Crippen molar-refractivity contribution in [1.29, 1.82) is 0 Å². The van der Waals surface area contributed by atoms with Gasteiger partial charge in [-0.05, 0) is 26.7 Å². The van der Waals surface area contributed by atoms with Crippen LogP contribution >= 0.6 is 0 Å². The zero-order chi connectivity index (χ0) is 6.57. The summed E-state index contributed by atoms with van der Waals surface area (Å²) in [4.78, 5) is 2.26. The Hall–Kier alpha value is 0.177. The highest BCUT2D eigenvalue weighted by Gasteiger charge is 1.94. The minimum Gasteiger partial charge on any atom is -0.310 e. The third kappa shape index (κ3) is 6.18. The summed E-state index contributed by atoms with van der Waals surface area (Å²) in [6, 6.07) is 1.45. The molecule has 2 heteroatoms. The van der Waals surface area contributed by atoms with Crippen molar-refractivity contribution in [2.75, 3.05) is 20.6 Å². The van der Waals surface area contributed by atoms with Gasteiger partial charge in [0.2, 0.25) is 0 Å². The van der Waals surface area contributed by atoms with E-state index >= 15 is 0 Å². The van der Waals surface area contributed by atoms with Gasteiger partial charge in [-0.1, -0.05) is 13.1 Å². The van der Waals surface area contributed by atoms with Crippen molar-refractivity contribution in [2.24, 2.45) is 0 Å². The van der Waals surface area contributed by atoms with Crippen LogP contribution in [0.2, 0.25) is 19.1 Å². The predicted octanol–water partition coefficient (Wildman–Crippen LogP) is 1.03. The molecule has 1 nitrogen and oxygen atoms in total. The quantitative estimate of drug-likeness (QED) is 0.517. The van der Waals surface area contributed by atoms with E-state index in [4.69, 9.17) is 0 Å². The summed E-state index contributed by atoms with van der Waals surface area (Å²) in [7, 11) is 4.00. The molecule has 0 unspecified atom stereocenters. The van der Waals surface area contributed by atoms with Gasteiger partial charge in [-0.2, -0.15) is 0 Å². The van der Waals surface area contributed by atoms with Crippen LogP contribution in [-0.2, 0) is 0 Å². The maximum absolute atomic E-state index is 2.39. The molecule has 8 heavy (non-hydrogen) atoms. The van der Waals surface area contributed by atoms with Crippen molar-refractivity contribution in [3.8, 4) is 0 Å². The summed E-state index contributed by atoms with van der Waals surface area (Å²) in [5.74, 6) is 0. The number of hydrogen-bond donors (Lipinski definition) is 0. The molecule has 0 radical (unpaired) electrons. The molecule has 0 amide bonds. The second-order valence-electron chi connectivity index (χ2n) is 2.99. The zero-order valence-corrected chi connectivity index (χ0v) is 7.59. The van der Waals surface area contributed by atoms with Gasteiger partial charge in [-0.25, -0.2) is 0 Å². The SMILES string of the molecule is CN(C)CC[SiH](C)C. The van der Waals surface area contributed by atoms with Crippen LogP contribution in [0.5, 0.6) is 0 Å². The molecule has 0 atom stereocenters. The van der Waals surface area contributed by atoms with Gasteiger partial charge < -0.3 is 4.90 Å². The molecule has 0 aromatic carbocycles. The van der Waals surface area contributed by atoms with E-state index in [0.717, 1.165) is 0 Å². The van der Waals surface area contributed by atoms with Gasteiger partial charge in [0.25, 0.3) is 0 Å². The van der Waals surface area contributed by atoms with E-state index in [-0.39, 0.29) is 8.80 Å². The Morgan fingerprint density at radius 3 is 1.88 bits per heavy atom. The summed E-state index contributed by atoms with van der Waals surface area (Å²) in [6.45, 7) is 6.07.